The quantitative estimate of drug-likeness (QED) is 0.685. The molecule has 1 aromatic heterocycles. The fourth-order valence-electron chi connectivity index (χ4n) is 1.30. The molecule has 1 rings (SSSR count). The van der Waals surface area contributed by atoms with Crippen molar-refractivity contribution in [3.8, 4) is 0 Å². The van der Waals surface area contributed by atoms with Crippen molar-refractivity contribution >= 4 is 11.9 Å². The van der Waals surface area contributed by atoms with Crippen LogP contribution in [0.4, 0.5) is 5.95 Å². The van der Waals surface area contributed by atoms with Crippen molar-refractivity contribution in [3.63, 3.8) is 0 Å². The van der Waals surface area contributed by atoms with Crippen LogP contribution in [0.2, 0.25) is 0 Å². The predicted octanol–water partition coefficient (Wildman–Crippen LogP) is -0.500. The van der Waals surface area contributed by atoms with Crippen molar-refractivity contribution in [2.45, 2.75) is 18.6 Å². The summed E-state index contributed by atoms with van der Waals surface area (Å²) in [5.74, 6) is -0.0965. The lowest BCUT2D eigenvalue weighted by molar-refractivity contribution is -0.144. The molecular weight excluding hydrogens is 238 g/mol. The highest BCUT2D eigenvalue weighted by molar-refractivity contribution is 5.69. The van der Waals surface area contributed by atoms with E-state index in [1.165, 1.54) is 19.5 Å². The Labute approximate surface area is 105 Å². The number of ether oxygens (including phenoxy) is 1. The van der Waals surface area contributed by atoms with Crippen LogP contribution in [0.3, 0.4) is 0 Å². The number of aliphatic hydroxyl groups is 2. The Morgan fingerprint density at radius 2 is 1.94 bits per heavy atom. The fraction of sp³-hybridized carbons (Fsp3) is 0.545. The maximum Gasteiger partial charge on any atom is 0.308 e. The molecule has 1 heterocycles. The van der Waals surface area contributed by atoms with Gasteiger partial charge in [0.25, 0.3) is 0 Å². The molecule has 7 nitrogen and oxygen atoms in total. The van der Waals surface area contributed by atoms with Crippen LogP contribution in [0.5, 0.6) is 0 Å². The van der Waals surface area contributed by atoms with Crippen LogP contribution < -0.4 is 4.90 Å². The summed E-state index contributed by atoms with van der Waals surface area (Å²) in [4.78, 5) is 20.7. The normalized spacial score (nSPS) is 13.8. The van der Waals surface area contributed by atoms with E-state index < -0.39 is 18.2 Å². The minimum atomic E-state index is -1.24. The van der Waals surface area contributed by atoms with Crippen LogP contribution in [-0.2, 0) is 9.53 Å². The van der Waals surface area contributed by atoms with Gasteiger partial charge in [-0.15, -0.1) is 0 Å². The van der Waals surface area contributed by atoms with E-state index in [4.69, 9.17) is 0 Å². The first-order valence-corrected chi connectivity index (χ1v) is 5.38. The summed E-state index contributed by atoms with van der Waals surface area (Å²) >= 11 is 0. The van der Waals surface area contributed by atoms with Crippen molar-refractivity contribution in [2.24, 2.45) is 0 Å². The van der Waals surface area contributed by atoms with Crippen molar-refractivity contribution in [2.75, 3.05) is 26.1 Å². The van der Waals surface area contributed by atoms with Gasteiger partial charge in [-0.25, -0.2) is 9.97 Å². The van der Waals surface area contributed by atoms with Crippen molar-refractivity contribution in [1.29, 1.82) is 0 Å². The molecule has 0 fully saturated rings. The average Bonchev–Trinajstić information content (AvgIpc) is 2.37. The van der Waals surface area contributed by atoms with Gasteiger partial charge < -0.3 is 19.8 Å². The molecule has 0 aliphatic carbocycles. The standard InChI is InChI=1S/C11H17N3O4/c1-14(2)11-12-5-7(6-13-11)10(17)8(15)4-9(16)18-3/h5-6,8,10,15,17H,4H2,1-3H3. The first kappa shape index (κ1) is 14.3. The smallest absolute Gasteiger partial charge is 0.308 e. The van der Waals surface area contributed by atoms with Gasteiger partial charge in [-0.05, 0) is 0 Å². The third-order valence-corrected chi connectivity index (χ3v) is 2.37. The largest absolute Gasteiger partial charge is 0.469 e. The minimum Gasteiger partial charge on any atom is -0.469 e. The van der Waals surface area contributed by atoms with Crippen LogP contribution in [-0.4, -0.2) is 53.5 Å². The number of hydrogen-bond acceptors (Lipinski definition) is 7. The van der Waals surface area contributed by atoms with Gasteiger partial charge >= 0.3 is 5.97 Å². The zero-order chi connectivity index (χ0) is 13.7. The monoisotopic (exact) mass is 255 g/mol. The predicted molar refractivity (Wildman–Crippen MR) is 64.0 cm³/mol. The lowest BCUT2D eigenvalue weighted by Crippen LogP contribution is -2.23. The van der Waals surface area contributed by atoms with E-state index in [0.29, 0.717) is 11.5 Å². The summed E-state index contributed by atoms with van der Waals surface area (Å²) in [5, 5.41) is 19.4. The third kappa shape index (κ3) is 3.64. The Balaban J connectivity index is 2.71. The van der Waals surface area contributed by atoms with Gasteiger partial charge in [0.1, 0.15) is 6.10 Å². The lowest BCUT2D eigenvalue weighted by atomic mass is 10.1. The Kier molecular flexibility index (Phi) is 4.99. The van der Waals surface area contributed by atoms with Gasteiger partial charge in [0.05, 0.1) is 19.6 Å². The van der Waals surface area contributed by atoms with E-state index >= 15 is 0 Å². The van der Waals surface area contributed by atoms with E-state index in [2.05, 4.69) is 14.7 Å². The Morgan fingerprint density at radius 1 is 1.39 bits per heavy atom. The summed E-state index contributed by atoms with van der Waals surface area (Å²) in [6.07, 6.45) is 0.0697. The highest BCUT2D eigenvalue weighted by Gasteiger charge is 2.22. The number of anilines is 1. The summed E-state index contributed by atoms with van der Waals surface area (Å²) in [6, 6.07) is 0. The van der Waals surface area contributed by atoms with E-state index in [9.17, 15) is 15.0 Å². The molecule has 2 atom stereocenters. The van der Waals surface area contributed by atoms with Gasteiger partial charge in [-0.1, -0.05) is 0 Å². The maximum absolute atomic E-state index is 11.0. The Hall–Kier alpha value is -1.73. The zero-order valence-corrected chi connectivity index (χ0v) is 10.6. The van der Waals surface area contributed by atoms with Gasteiger partial charge in [-0.3, -0.25) is 4.79 Å². The molecule has 0 aliphatic heterocycles. The molecule has 0 spiro atoms. The minimum absolute atomic E-state index is 0.285. The number of methoxy groups -OCH3 is 1. The van der Waals surface area contributed by atoms with E-state index in [1.807, 2.05) is 0 Å². The molecule has 100 valence electrons. The van der Waals surface area contributed by atoms with Gasteiger partial charge in [-0.2, -0.15) is 0 Å². The molecule has 0 aliphatic rings. The van der Waals surface area contributed by atoms with E-state index in [-0.39, 0.29) is 6.42 Å². The molecule has 1 aromatic rings. The molecule has 0 saturated carbocycles. The molecule has 0 aromatic carbocycles. The van der Waals surface area contributed by atoms with Crippen LogP contribution in [0.25, 0.3) is 0 Å². The fourth-order valence-corrected chi connectivity index (χ4v) is 1.30. The van der Waals surface area contributed by atoms with Crippen LogP contribution in [0.1, 0.15) is 18.1 Å². The highest BCUT2D eigenvalue weighted by Crippen LogP contribution is 2.18. The number of carbonyl (C=O) groups excluding carboxylic acids is 1. The number of carbonyl (C=O) groups is 1. The van der Waals surface area contributed by atoms with Gasteiger partial charge in [0.15, 0.2) is 0 Å². The van der Waals surface area contributed by atoms with E-state index in [0.717, 1.165) is 0 Å². The molecule has 0 saturated heterocycles. The highest BCUT2D eigenvalue weighted by atomic mass is 16.5. The number of esters is 1. The second-order valence-electron chi connectivity index (χ2n) is 4.00. The van der Waals surface area contributed by atoms with Gasteiger partial charge in [0, 0.05) is 32.1 Å². The molecule has 2 N–H and O–H groups in total. The number of hydrogen-bond donors (Lipinski definition) is 2. The third-order valence-electron chi connectivity index (χ3n) is 2.37. The number of aromatic nitrogens is 2. The van der Waals surface area contributed by atoms with Gasteiger partial charge in [0.2, 0.25) is 5.95 Å². The SMILES string of the molecule is COC(=O)CC(O)C(O)c1cnc(N(C)C)nc1. The first-order chi connectivity index (χ1) is 8.45. The van der Waals surface area contributed by atoms with Crippen LogP contribution >= 0.6 is 0 Å². The van der Waals surface area contributed by atoms with Crippen LogP contribution in [0, 0.1) is 0 Å². The number of aliphatic hydroxyl groups excluding tert-OH is 2. The summed E-state index contributed by atoms with van der Waals surface area (Å²) in [7, 11) is 4.80. The summed E-state index contributed by atoms with van der Waals surface area (Å²) in [6.45, 7) is 0. The van der Waals surface area contributed by atoms with Crippen molar-refractivity contribution < 1.29 is 19.7 Å². The molecule has 7 heteroatoms. The second-order valence-corrected chi connectivity index (χ2v) is 4.00. The number of nitrogens with zero attached hydrogens (tertiary/aromatic N) is 3. The first-order valence-electron chi connectivity index (χ1n) is 5.38. The van der Waals surface area contributed by atoms with Crippen molar-refractivity contribution in [3.05, 3.63) is 18.0 Å². The lowest BCUT2D eigenvalue weighted by Gasteiger charge is -2.17. The second kappa shape index (κ2) is 6.27. The van der Waals surface area contributed by atoms with Crippen LogP contribution in [0.15, 0.2) is 12.4 Å². The Morgan fingerprint density at radius 3 is 2.39 bits per heavy atom. The molecular formula is C11H17N3O4. The topological polar surface area (TPSA) is 95.8 Å². The summed E-state index contributed by atoms with van der Waals surface area (Å²) in [5.41, 5.74) is 0.344. The average molecular weight is 255 g/mol. The molecule has 2 unspecified atom stereocenters. The zero-order valence-electron chi connectivity index (χ0n) is 10.6. The molecule has 18 heavy (non-hydrogen) atoms. The Bertz CT molecular complexity index is 394. The molecule has 0 bridgehead atoms. The van der Waals surface area contributed by atoms with E-state index in [1.54, 1.807) is 19.0 Å². The maximum atomic E-state index is 11.0. The molecule has 0 radical (unpaired) electrons. The summed E-state index contributed by atoms with van der Waals surface area (Å²) < 4.78 is 4.41. The van der Waals surface area contributed by atoms with Crippen molar-refractivity contribution in [1.82, 2.24) is 9.97 Å². The molecule has 0 amide bonds. The number of rotatable bonds is 5.